The van der Waals surface area contributed by atoms with E-state index in [1.807, 2.05) is 36.2 Å². The number of sulfonamides is 1. The van der Waals surface area contributed by atoms with Gasteiger partial charge in [0.2, 0.25) is 0 Å². The summed E-state index contributed by atoms with van der Waals surface area (Å²) in [5.41, 5.74) is 2.09. The van der Waals surface area contributed by atoms with Gasteiger partial charge in [-0.2, -0.15) is 0 Å². The third kappa shape index (κ3) is 5.66. The highest BCUT2D eigenvalue weighted by Gasteiger charge is 2.38. The van der Waals surface area contributed by atoms with Crippen molar-refractivity contribution in [1.82, 2.24) is 19.7 Å². The summed E-state index contributed by atoms with van der Waals surface area (Å²) in [5.74, 6) is -0.0699. The first-order valence-corrected chi connectivity index (χ1v) is 13.5. The standard InChI is InChI=1S/C25H35N5O3S/c1-20-3-5-24(6-4-20)34(32,33)30(19-25(21(2)31)22-7-11-26-12-8-22)29-17-15-28(16-18-29)23-9-13-27-14-10-23/h3-6,9-10,13-14,22,25-26H,7-8,11-12,15-19H2,1-2H3. The number of benzene rings is 1. The maximum atomic E-state index is 13.9. The minimum absolute atomic E-state index is 0.0615. The van der Waals surface area contributed by atoms with E-state index < -0.39 is 10.0 Å². The average molecular weight is 486 g/mol. The molecule has 2 aromatic rings. The Hall–Kier alpha value is -2.33. The number of nitrogens with zero attached hydrogens (tertiary/aromatic N) is 4. The minimum Gasteiger partial charge on any atom is -0.369 e. The maximum absolute atomic E-state index is 13.9. The van der Waals surface area contributed by atoms with Gasteiger partial charge in [-0.3, -0.25) is 9.78 Å². The van der Waals surface area contributed by atoms with Crippen LogP contribution in [-0.2, 0) is 14.8 Å². The Morgan fingerprint density at radius 2 is 1.68 bits per heavy atom. The molecule has 0 radical (unpaired) electrons. The van der Waals surface area contributed by atoms with E-state index in [9.17, 15) is 13.2 Å². The molecule has 0 spiro atoms. The number of hydrogen-bond acceptors (Lipinski definition) is 7. The van der Waals surface area contributed by atoms with E-state index in [1.165, 1.54) is 4.41 Å². The number of pyridine rings is 1. The number of anilines is 1. The summed E-state index contributed by atoms with van der Waals surface area (Å²) in [4.78, 5) is 19.3. The number of piperidine rings is 1. The maximum Gasteiger partial charge on any atom is 0.256 e. The number of piperazine rings is 1. The Morgan fingerprint density at radius 3 is 2.26 bits per heavy atom. The first kappa shape index (κ1) is 24.8. The first-order chi connectivity index (χ1) is 16.4. The van der Waals surface area contributed by atoms with E-state index in [2.05, 4.69) is 15.2 Å². The molecule has 1 aromatic heterocycles. The summed E-state index contributed by atoms with van der Waals surface area (Å²) in [6, 6.07) is 10.9. The fraction of sp³-hybridized carbons (Fsp3) is 0.520. The Morgan fingerprint density at radius 1 is 1.06 bits per heavy atom. The van der Waals surface area contributed by atoms with E-state index in [4.69, 9.17) is 0 Å². The molecular weight excluding hydrogens is 450 g/mol. The van der Waals surface area contributed by atoms with Crippen molar-refractivity contribution in [2.45, 2.75) is 31.6 Å². The lowest BCUT2D eigenvalue weighted by atomic mass is 9.82. The zero-order chi connectivity index (χ0) is 24.1. The van der Waals surface area contributed by atoms with Crippen LogP contribution in [0.2, 0.25) is 0 Å². The van der Waals surface area contributed by atoms with Crippen molar-refractivity contribution in [3.8, 4) is 0 Å². The van der Waals surface area contributed by atoms with Gasteiger partial charge in [-0.15, -0.1) is 4.41 Å². The Kier molecular flexibility index (Phi) is 7.98. The summed E-state index contributed by atoms with van der Waals surface area (Å²) in [7, 11) is -3.80. The van der Waals surface area contributed by atoms with Gasteiger partial charge in [-0.25, -0.2) is 13.4 Å². The third-order valence-electron chi connectivity index (χ3n) is 7.02. The third-order valence-corrected chi connectivity index (χ3v) is 8.83. The molecule has 3 heterocycles. The van der Waals surface area contributed by atoms with Crippen molar-refractivity contribution < 1.29 is 13.2 Å². The van der Waals surface area contributed by atoms with Crippen LogP contribution in [0.15, 0.2) is 53.7 Å². The topological polar surface area (TPSA) is 85.9 Å². The monoisotopic (exact) mass is 485 g/mol. The summed E-state index contributed by atoms with van der Waals surface area (Å²) in [5, 5.41) is 5.26. The SMILES string of the molecule is CC(=O)C(CN(N1CCN(c2ccncc2)CC1)S(=O)(=O)c1ccc(C)cc1)C1CCNCC1. The molecule has 1 unspecified atom stereocenters. The number of Topliss-reactive ketones (excluding diaryl/α,β-unsaturated/α-hetero) is 1. The van der Waals surface area contributed by atoms with Crippen LogP contribution >= 0.6 is 0 Å². The van der Waals surface area contributed by atoms with E-state index in [0.717, 1.165) is 37.2 Å². The predicted octanol–water partition coefficient (Wildman–Crippen LogP) is 2.32. The summed E-state index contributed by atoms with van der Waals surface area (Å²) in [6.07, 6.45) is 5.32. The van der Waals surface area contributed by atoms with Crippen molar-refractivity contribution in [2.75, 3.05) is 50.7 Å². The van der Waals surface area contributed by atoms with Crippen molar-refractivity contribution in [2.24, 2.45) is 11.8 Å². The number of carbonyl (C=O) groups excluding carboxylic acids is 1. The molecule has 2 fully saturated rings. The molecule has 2 aliphatic rings. The van der Waals surface area contributed by atoms with Crippen LogP contribution in [0.5, 0.6) is 0 Å². The molecule has 1 N–H and O–H groups in total. The summed E-state index contributed by atoms with van der Waals surface area (Å²) < 4.78 is 29.2. The Bertz CT molecular complexity index is 1050. The zero-order valence-electron chi connectivity index (χ0n) is 20.1. The number of ketones is 1. The summed E-state index contributed by atoms with van der Waals surface area (Å²) >= 11 is 0. The lowest BCUT2D eigenvalue weighted by Crippen LogP contribution is -2.57. The van der Waals surface area contributed by atoms with E-state index in [-0.39, 0.29) is 29.1 Å². The molecule has 0 amide bonds. The molecule has 2 saturated heterocycles. The van der Waals surface area contributed by atoms with E-state index >= 15 is 0 Å². The average Bonchev–Trinajstić information content (AvgIpc) is 2.86. The number of hydrogen-bond donors (Lipinski definition) is 1. The quantitative estimate of drug-likeness (QED) is 0.614. The van der Waals surface area contributed by atoms with Gasteiger partial charge in [0.05, 0.1) is 4.90 Å². The van der Waals surface area contributed by atoms with Gasteiger partial charge in [-0.05, 0) is 70.0 Å². The van der Waals surface area contributed by atoms with Crippen molar-refractivity contribution in [3.63, 3.8) is 0 Å². The molecule has 0 bridgehead atoms. The van der Waals surface area contributed by atoms with Crippen LogP contribution in [0, 0.1) is 18.8 Å². The lowest BCUT2D eigenvalue weighted by molar-refractivity contribution is -0.124. The van der Waals surface area contributed by atoms with Crippen LogP contribution in [0.25, 0.3) is 0 Å². The fourth-order valence-corrected chi connectivity index (χ4v) is 6.50. The van der Waals surface area contributed by atoms with Gasteiger partial charge < -0.3 is 10.2 Å². The number of aryl methyl sites for hydroxylation is 1. The number of rotatable bonds is 8. The van der Waals surface area contributed by atoms with Gasteiger partial charge in [-0.1, -0.05) is 17.7 Å². The molecular formula is C25H35N5O3S. The predicted molar refractivity (Wildman–Crippen MR) is 133 cm³/mol. The molecule has 1 atom stereocenters. The second-order valence-electron chi connectivity index (χ2n) is 9.27. The first-order valence-electron chi connectivity index (χ1n) is 12.1. The van der Waals surface area contributed by atoms with Gasteiger partial charge in [0.25, 0.3) is 10.0 Å². The van der Waals surface area contributed by atoms with Gasteiger partial charge in [0, 0.05) is 56.7 Å². The second kappa shape index (κ2) is 10.9. The van der Waals surface area contributed by atoms with Gasteiger partial charge in [0.1, 0.15) is 5.78 Å². The highest BCUT2D eigenvalue weighted by Crippen LogP contribution is 2.28. The van der Waals surface area contributed by atoms with Gasteiger partial charge >= 0.3 is 0 Å². The van der Waals surface area contributed by atoms with Crippen LogP contribution in [0.3, 0.4) is 0 Å². The zero-order valence-corrected chi connectivity index (χ0v) is 20.9. The highest BCUT2D eigenvalue weighted by molar-refractivity contribution is 7.89. The van der Waals surface area contributed by atoms with Crippen LogP contribution < -0.4 is 10.2 Å². The Labute approximate surface area is 203 Å². The molecule has 9 heteroatoms. The smallest absolute Gasteiger partial charge is 0.256 e. The van der Waals surface area contributed by atoms with E-state index in [0.29, 0.717) is 26.2 Å². The molecule has 0 aliphatic carbocycles. The molecule has 8 nitrogen and oxygen atoms in total. The minimum atomic E-state index is -3.80. The second-order valence-corrected chi connectivity index (χ2v) is 11.1. The number of carbonyl (C=O) groups is 1. The van der Waals surface area contributed by atoms with Gasteiger partial charge in [0.15, 0.2) is 0 Å². The van der Waals surface area contributed by atoms with Crippen molar-refractivity contribution in [1.29, 1.82) is 0 Å². The number of aromatic nitrogens is 1. The van der Waals surface area contributed by atoms with Crippen molar-refractivity contribution in [3.05, 3.63) is 54.4 Å². The molecule has 1 aromatic carbocycles. The molecule has 0 saturated carbocycles. The number of nitrogens with one attached hydrogen (secondary N) is 1. The van der Waals surface area contributed by atoms with Crippen LogP contribution in [0.4, 0.5) is 5.69 Å². The molecule has 34 heavy (non-hydrogen) atoms. The Balaban J connectivity index is 1.60. The molecule has 184 valence electrons. The van der Waals surface area contributed by atoms with Crippen molar-refractivity contribution >= 4 is 21.5 Å². The normalized spacial score (nSPS) is 19.3. The van der Waals surface area contributed by atoms with Crippen LogP contribution in [0.1, 0.15) is 25.3 Å². The fourth-order valence-electron chi connectivity index (χ4n) is 4.95. The van der Waals surface area contributed by atoms with E-state index in [1.54, 1.807) is 31.5 Å². The molecule has 4 rings (SSSR count). The highest BCUT2D eigenvalue weighted by atomic mass is 32.2. The lowest BCUT2D eigenvalue weighted by Gasteiger charge is -2.43. The van der Waals surface area contributed by atoms with Crippen LogP contribution in [-0.4, -0.2) is 74.4 Å². The number of hydrazine groups is 1. The molecule has 2 aliphatic heterocycles. The summed E-state index contributed by atoms with van der Waals surface area (Å²) in [6.45, 7) is 7.97. The largest absolute Gasteiger partial charge is 0.369 e.